The molecule has 10 heteroatoms. The molecule has 2 aromatic rings. The molecule has 0 bridgehead atoms. The number of hydrogen-bond acceptors (Lipinski definition) is 5. The van der Waals surface area contributed by atoms with Gasteiger partial charge in [-0.15, -0.1) is 0 Å². The number of amides is 1. The summed E-state index contributed by atoms with van der Waals surface area (Å²) in [6, 6.07) is 6.00. The van der Waals surface area contributed by atoms with Crippen LogP contribution in [0.3, 0.4) is 0 Å². The largest absolute Gasteiger partial charge is 0.416 e. The highest BCUT2D eigenvalue weighted by Crippen LogP contribution is 2.31. The first-order valence-corrected chi connectivity index (χ1v) is 7.10. The molecule has 0 aliphatic heterocycles. The third-order valence-corrected chi connectivity index (χ3v) is 3.67. The van der Waals surface area contributed by atoms with Crippen LogP contribution in [-0.4, -0.2) is 15.8 Å². The van der Waals surface area contributed by atoms with Crippen LogP contribution in [0.1, 0.15) is 22.8 Å². The summed E-state index contributed by atoms with van der Waals surface area (Å²) in [6.45, 7) is 1.44. The van der Waals surface area contributed by atoms with Crippen molar-refractivity contribution in [1.29, 1.82) is 0 Å². The predicted molar refractivity (Wildman–Crippen MR) is 80.5 cm³/mol. The van der Waals surface area contributed by atoms with Crippen molar-refractivity contribution in [3.05, 3.63) is 51.7 Å². The molecule has 2 rings (SSSR count). The minimum absolute atomic E-state index is 0.0408. The number of carbonyl (C=O) groups is 1. The van der Waals surface area contributed by atoms with E-state index in [2.05, 4.69) is 16.9 Å². The van der Waals surface area contributed by atoms with Crippen LogP contribution in [0.25, 0.3) is 0 Å². The van der Waals surface area contributed by atoms with Crippen LogP contribution in [0.2, 0.25) is 0 Å². The van der Waals surface area contributed by atoms with Crippen LogP contribution in [0.4, 0.5) is 23.3 Å². The summed E-state index contributed by atoms with van der Waals surface area (Å²) in [5.41, 5.74) is -0.944. The van der Waals surface area contributed by atoms with Crippen LogP contribution in [-0.2, 0) is 6.18 Å². The summed E-state index contributed by atoms with van der Waals surface area (Å²) >= 11 is 0.632. The first-order valence-electron chi connectivity index (χ1n) is 6.28. The van der Waals surface area contributed by atoms with Crippen LogP contribution < -0.4 is 4.90 Å². The van der Waals surface area contributed by atoms with Crippen molar-refractivity contribution in [3.8, 4) is 12.0 Å². The number of nitro groups is 1. The fourth-order valence-electron chi connectivity index (χ4n) is 1.67. The molecule has 0 aliphatic rings. The lowest BCUT2D eigenvalue weighted by Crippen LogP contribution is -2.25. The van der Waals surface area contributed by atoms with E-state index in [0.717, 1.165) is 35.4 Å². The lowest BCUT2D eigenvalue weighted by Gasteiger charge is -2.13. The van der Waals surface area contributed by atoms with E-state index in [1.54, 1.807) is 0 Å². The van der Waals surface area contributed by atoms with Gasteiger partial charge in [-0.25, -0.2) is 9.88 Å². The van der Waals surface area contributed by atoms with Gasteiger partial charge in [-0.3, -0.25) is 14.9 Å². The Bertz CT molecular complexity index is 835. The SMILES string of the molecule is CC#CN(C(=O)c1ccc(C(F)(F)F)cc1)c1ncc([N+](=O)[O-])s1. The Hall–Kier alpha value is -2.93. The molecular formula is C14H8F3N3O3S. The molecule has 1 aromatic heterocycles. The van der Waals surface area contributed by atoms with E-state index in [-0.39, 0.29) is 15.7 Å². The molecule has 0 saturated heterocycles. The van der Waals surface area contributed by atoms with Crippen molar-refractivity contribution in [2.75, 3.05) is 4.90 Å². The van der Waals surface area contributed by atoms with Gasteiger partial charge in [0.25, 0.3) is 5.91 Å². The number of alkyl halides is 3. The molecule has 24 heavy (non-hydrogen) atoms. The van der Waals surface area contributed by atoms with Gasteiger partial charge >= 0.3 is 11.2 Å². The maximum Gasteiger partial charge on any atom is 0.416 e. The first kappa shape index (κ1) is 17.4. The fraction of sp³-hybridized carbons (Fsp3) is 0.143. The Kier molecular flexibility index (Phi) is 4.85. The molecular weight excluding hydrogens is 347 g/mol. The van der Waals surface area contributed by atoms with E-state index in [9.17, 15) is 28.1 Å². The molecule has 1 aromatic carbocycles. The maximum atomic E-state index is 12.6. The fourth-order valence-corrected chi connectivity index (χ4v) is 2.36. The summed E-state index contributed by atoms with van der Waals surface area (Å²) in [5, 5.41) is 10.4. The maximum absolute atomic E-state index is 12.6. The Balaban J connectivity index is 2.35. The topological polar surface area (TPSA) is 76.3 Å². The standard InChI is InChI=1S/C14H8F3N3O3S/c1-2-7-19(13-18-8-11(24-13)20(22)23)12(21)9-3-5-10(6-4-9)14(15,16)17/h3-6,8H,1H3. The molecule has 1 amide bonds. The average Bonchev–Trinajstić information content (AvgIpc) is 3.01. The number of anilines is 1. The first-order chi connectivity index (χ1) is 11.2. The molecule has 0 saturated carbocycles. The van der Waals surface area contributed by atoms with E-state index in [4.69, 9.17) is 0 Å². The lowest BCUT2D eigenvalue weighted by atomic mass is 10.1. The van der Waals surface area contributed by atoms with Crippen molar-refractivity contribution < 1.29 is 22.9 Å². The Morgan fingerprint density at radius 1 is 1.33 bits per heavy atom. The second-order valence-electron chi connectivity index (χ2n) is 4.32. The summed E-state index contributed by atoms with van der Waals surface area (Å²) in [7, 11) is 0. The quantitative estimate of drug-likeness (QED) is 0.364. The van der Waals surface area contributed by atoms with Gasteiger partial charge in [0.1, 0.15) is 6.20 Å². The highest BCUT2D eigenvalue weighted by Gasteiger charge is 2.30. The number of rotatable bonds is 3. The highest BCUT2D eigenvalue weighted by atomic mass is 32.1. The third kappa shape index (κ3) is 3.69. The van der Waals surface area contributed by atoms with Gasteiger partial charge in [-0.05, 0) is 42.5 Å². The summed E-state index contributed by atoms with van der Waals surface area (Å²) in [6.07, 6.45) is -3.54. The van der Waals surface area contributed by atoms with Crippen molar-refractivity contribution in [1.82, 2.24) is 4.98 Å². The van der Waals surface area contributed by atoms with Gasteiger partial charge < -0.3 is 0 Å². The molecule has 6 nitrogen and oxygen atoms in total. The van der Waals surface area contributed by atoms with Crippen molar-refractivity contribution >= 4 is 27.4 Å². The molecule has 0 spiro atoms. The predicted octanol–water partition coefficient (Wildman–Crippen LogP) is 3.70. The second kappa shape index (κ2) is 6.67. The summed E-state index contributed by atoms with van der Waals surface area (Å²) < 4.78 is 37.7. The average molecular weight is 355 g/mol. The van der Waals surface area contributed by atoms with E-state index < -0.39 is 22.6 Å². The highest BCUT2D eigenvalue weighted by molar-refractivity contribution is 7.18. The van der Waals surface area contributed by atoms with E-state index >= 15 is 0 Å². The molecule has 0 N–H and O–H groups in total. The summed E-state index contributed by atoms with van der Waals surface area (Å²) in [4.78, 5) is 27.1. The van der Waals surface area contributed by atoms with Crippen LogP contribution in [0.5, 0.6) is 0 Å². The van der Waals surface area contributed by atoms with Gasteiger partial charge in [0.05, 0.1) is 10.5 Å². The van der Waals surface area contributed by atoms with Crippen molar-refractivity contribution in [2.45, 2.75) is 13.1 Å². The van der Waals surface area contributed by atoms with Gasteiger partial charge in [-0.2, -0.15) is 13.2 Å². The van der Waals surface area contributed by atoms with Gasteiger partial charge in [0.15, 0.2) is 0 Å². The molecule has 1 heterocycles. The van der Waals surface area contributed by atoms with E-state index in [0.29, 0.717) is 11.3 Å². The number of hydrogen-bond donors (Lipinski definition) is 0. The normalized spacial score (nSPS) is 10.7. The number of carbonyl (C=O) groups excluding carboxylic acids is 1. The molecule has 0 unspecified atom stereocenters. The molecule has 0 fully saturated rings. The number of halogens is 3. The van der Waals surface area contributed by atoms with E-state index in [1.165, 1.54) is 6.92 Å². The van der Waals surface area contributed by atoms with Crippen molar-refractivity contribution in [2.24, 2.45) is 0 Å². The minimum Gasteiger partial charge on any atom is -0.268 e. The van der Waals surface area contributed by atoms with E-state index in [1.807, 2.05) is 0 Å². The van der Waals surface area contributed by atoms with Crippen molar-refractivity contribution in [3.63, 3.8) is 0 Å². The zero-order valence-electron chi connectivity index (χ0n) is 12.0. The number of thiazole rings is 1. The summed E-state index contributed by atoms with van der Waals surface area (Å²) in [5.74, 6) is 1.73. The number of aromatic nitrogens is 1. The molecule has 0 aliphatic carbocycles. The zero-order valence-corrected chi connectivity index (χ0v) is 12.8. The molecule has 124 valence electrons. The van der Waals surface area contributed by atoms with Gasteiger partial charge in [-0.1, -0.05) is 5.92 Å². The smallest absolute Gasteiger partial charge is 0.268 e. The molecule has 0 atom stereocenters. The number of benzene rings is 1. The number of nitrogens with zero attached hydrogens (tertiary/aromatic N) is 3. The Morgan fingerprint density at radius 2 is 1.96 bits per heavy atom. The third-order valence-electron chi connectivity index (χ3n) is 2.74. The lowest BCUT2D eigenvalue weighted by molar-refractivity contribution is -0.380. The van der Waals surface area contributed by atoms with Gasteiger partial charge in [0.2, 0.25) is 5.13 Å². The second-order valence-corrected chi connectivity index (χ2v) is 5.30. The molecule has 0 radical (unpaired) electrons. The van der Waals surface area contributed by atoms with Gasteiger partial charge in [0, 0.05) is 11.6 Å². The monoisotopic (exact) mass is 355 g/mol. The van der Waals surface area contributed by atoms with Crippen LogP contribution >= 0.6 is 11.3 Å². The minimum atomic E-state index is -4.51. The zero-order chi connectivity index (χ0) is 17.9. The Morgan fingerprint density at radius 3 is 2.42 bits per heavy atom. The Labute approximate surface area is 137 Å². The van der Waals surface area contributed by atoms with Crippen LogP contribution in [0, 0.1) is 22.1 Å². The van der Waals surface area contributed by atoms with Crippen LogP contribution in [0.15, 0.2) is 30.5 Å².